The molecule has 9 nitrogen and oxygen atoms in total. The van der Waals surface area contributed by atoms with Crippen molar-refractivity contribution in [3.63, 3.8) is 0 Å². The van der Waals surface area contributed by atoms with Crippen LogP contribution in [0.1, 0.15) is 27.5 Å². The standard InChI is InChI=1S/C23H19ClF3N5O4S/c1-9-5-12(15-14(35-2)4-3-13(24)17(15)25)16(19(28)33)18(29-9)20-30-31-21(37-20)23(26,27)22(34)32-7-11-6-10(32)8-36-11/h3-5,10-11H,6-8H2,1-2H3,(H2,28,33). The molecule has 0 saturated carbocycles. The molecule has 2 bridgehead atoms. The van der Waals surface area contributed by atoms with Crippen molar-refractivity contribution in [3.05, 3.63) is 45.3 Å². The molecule has 194 valence electrons. The lowest BCUT2D eigenvalue weighted by atomic mass is 9.96. The van der Waals surface area contributed by atoms with Crippen molar-refractivity contribution in [2.24, 2.45) is 5.73 Å². The predicted molar refractivity (Wildman–Crippen MR) is 127 cm³/mol. The average Bonchev–Trinajstić information content (AvgIpc) is 3.62. The number of carbonyl (C=O) groups excluding carboxylic acids is 2. The van der Waals surface area contributed by atoms with Gasteiger partial charge in [0, 0.05) is 17.8 Å². The summed E-state index contributed by atoms with van der Waals surface area (Å²) in [7, 11) is 1.31. The second-order valence-electron chi connectivity index (χ2n) is 8.63. The number of benzene rings is 1. The van der Waals surface area contributed by atoms with Crippen molar-refractivity contribution in [1.29, 1.82) is 0 Å². The molecule has 3 aromatic rings. The molecule has 0 aliphatic carbocycles. The Bertz CT molecular complexity index is 1440. The molecule has 2 fully saturated rings. The Morgan fingerprint density at radius 3 is 2.70 bits per heavy atom. The van der Waals surface area contributed by atoms with Crippen LogP contribution in [0, 0.1) is 12.7 Å². The molecule has 2 aromatic heterocycles. The van der Waals surface area contributed by atoms with E-state index in [-0.39, 0.29) is 57.4 Å². The number of likely N-dealkylation sites (tertiary alicyclic amines) is 1. The minimum Gasteiger partial charge on any atom is -0.496 e. The van der Waals surface area contributed by atoms with Crippen LogP contribution in [0.15, 0.2) is 18.2 Å². The molecule has 2 atom stereocenters. The zero-order valence-corrected chi connectivity index (χ0v) is 21.0. The smallest absolute Gasteiger partial charge is 0.377 e. The maximum absolute atomic E-state index is 15.2. The zero-order valence-electron chi connectivity index (χ0n) is 19.4. The number of rotatable bonds is 6. The first-order valence-corrected chi connectivity index (χ1v) is 12.2. The predicted octanol–water partition coefficient (Wildman–Crippen LogP) is 3.57. The van der Waals surface area contributed by atoms with Crippen molar-refractivity contribution in [2.45, 2.75) is 31.4 Å². The Balaban J connectivity index is 1.60. The van der Waals surface area contributed by atoms with E-state index in [1.54, 1.807) is 6.92 Å². The summed E-state index contributed by atoms with van der Waals surface area (Å²) in [6.07, 6.45) is 0.247. The zero-order chi connectivity index (χ0) is 26.6. The van der Waals surface area contributed by atoms with Gasteiger partial charge in [-0.05, 0) is 31.5 Å². The summed E-state index contributed by atoms with van der Waals surface area (Å²) in [6, 6.07) is 3.67. The molecule has 0 radical (unpaired) electrons. The number of aryl methyl sites for hydroxylation is 1. The second-order valence-corrected chi connectivity index (χ2v) is 10.0. The van der Waals surface area contributed by atoms with Crippen LogP contribution in [0.25, 0.3) is 21.8 Å². The number of methoxy groups -OCH3 is 1. The molecule has 2 unspecified atom stereocenters. The summed E-state index contributed by atoms with van der Waals surface area (Å²) in [5.74, 6) is -7.21. The Morgan fingerprint density at radius 2 is 2.08 bits per heavy atom. The molecule has 2 N–H and O–H groups in total. The number of morpholine rings is 1. The summed E-state index contributed by atoms with van der Waals surface area (Å²) in [5, 5.41) is 6.02. The van der Waals surface area contributed by atoms with E-state index in [2.05, 4.69) is 15.2 Å². The summed E-state index contributed by atoms with van der Waals surface area (Å²) in [5.41, 5.74) is 5.27. The summed E-state index contributed by atoms with van der Waals surface area (Å²) >= 11 is 6.36. The number of primary amides is 1. The molecule has 2 aliphatic rings. The van der Waals surface area contributed by atoms with Gasteiger partial charge in [0.2, 0.25) is 0 Å². The van der Waals surface area contributed by atoms with Crippen LogP contribution in [0.3, 0.4) is 0 Å². The number of alkyl halides is 2. The number of nitrogens with zero attached hydrogens (tertiary/aromatic N) is 4. The number of hydrogen-bond donors (Lipinski definition) is 1. The molecule has 5 rings (SSSR count). The number of amides is 2. The van der Waals surface area contributed by atoms with Gasteiger partial charge in [-0.25, -0.2) is 9.37 Å². The molecule has 4 heterocycles. The maximum Gasteiger partial charge on any atom is 0.377 e. The van der Waals surface area contributed by atoms with Gasteiger partial charge in [0.05, 0.1) is 42.0 Å². The van der Waals surface area contributed by atoms with Gasteiger partial charge in [0.1, 0.15) is 11.4 Å². The lowest BCUT2D eigenvalue weighted by Crippen LogP contribution is -2.48. The van der Waals surface area contributed by atoms with Crippen molar-refractivity contribution in [1.82, 2.24) is 20.1 Å². The van der Waals surface area contributed by atoms with Crippen LogP contribution in [-0.4, -0.2) is 64.3 Å². The molecule has 2 aliphatic heterocycles. The van der Waals surface area contributed by atoms with Crippen LogP contribution >= 0.6 is 22.9 Å². The minimum absolute atomic E-state index is 0.0143. The molecular formula is C23H19ClF3N5O4S. The minimum atomic E-state index is -3.97. The highest BCUT2D eigenvalue weighted by molar-refractivity contribution is 7.14. The Labute approximate surface area is 217 Å². The van der Waals surface area contributed by atoms with Crippen molar-refractivity contribution < 1.29 is 32.2 Å². The molecule has 14 heteroatoms. The van der Waals surface area contributed by atoms with Crippen molar-refractivity contribution >= 4 is 34.8 Å². The van der Waals surface area contributed by atoms with E-state index in [9.17, 15) is 9.59 Å². The summed E-state index contributed by atoms with van der Waals surface area (Å²) in [4.78, 5) is 30.6. The van der Waals surface area contributed by atoms with Gasteiger partial charge in [-0.3, -0.25) is 9.59 Å². The average molecular weight is 554 g/mol. The highest BCUT2D eigenvalue weighted by Crippen LogP contribution is 2.43. The van der Waals surface area contributed by atoms with E-state index in [0.29, 0.717) is 23.5 Å². The van der Waals surface area contributed by atoms with Crippen molar-refractivity contribution in [3.8, 4) is 27.6 Å². The van der Waals surface area contributed by atoms with Crippen LogP contribution in [0.4, 0.5) is 13.2 Å². The molecule has 2 saturated heterocycles. The number of halogens is 4. The van der Waals surface area contributed by atoms with E-state index in [4.69, 9.17) is 26.8 Å². The molecule has 1 aromatic carbocycles. The third-order valence-electron chi connectivity index (χ3n) is 6.27. The van der Waals surface area contributed by atoms with Crippen LogP contribution < -0.4 is 10.5 Å². The molecule has 0 spiro atoms. The fourth-order valence-corrected chi connectivity index (χ4v) is 5.56. The summed E-state index contributed by atoms with van der Waals surface area (Å²) < 4.78 is 56.2. The topological polar surface area (TPSA) is 121 Å². The first kappa shape index (κ1) is 25.4. The second kappa shape index (κ2) is 9.23. The first-order valence-electron chi connectivity index (χ1n) is 11.0. The van der Waals surface area contributed by atoms with Gasteiger partial charge in [0.25, 0.3) is 5.91 Å². The largest absolute Gasteiger partial charge is 0.496 e. The molecule has 2 amide bonds. The number of nitrogens with two attached hydrogens (primary N) is 1. The fourth-order valence-electron chi connectivity index (χ4n) is 4.59. The number of hydrogen-bond acceptors (Lipinski definition) is 8. The monoisotopic (exact) mass is 553 g/mol. The lowest BCUT2D eigenvalue weighted by molar-refractivity contribution is -0.163. The number of pyridine rings is 1. The van der Waals surface area contributed by atoms with Gasteiger partial charge in [0.15, 0.2) is 15.8 Å². The van der Waals surface area contributed by atoms with E-state index >= 15 is 13.2 Å². The summed E-state index contributed by atoms with van der Waals surface area (Å²) in [6.45, 7) is 1.83. The SMILES string of the molecule is COc1ccc(Cl)c(F)c1-c1cc(C)nc(-c2nnc(C(F)(F)C(=O)N3CC4CC3CO4)s2)c1C(N)=O. The Hall–Kier alpha value is -3.29. The maximum atomic E-state index is 15.2. The lowest BCUT2D eigenvalue weighted by Gasteiger charge is -2.29. The Morgan fingerprint density at radius 1 is 1.32 bits per heavy atom. The quantitative estimate of drug-likeness (QED) is 0.495. The van der Waals surface area contributed by atoms with Crippen LogP contribution in [0.5, 0.6) is 5.75 Å². The number of ether oxygens (including phenoxy) is 2. The van der Waals surface area contributed by atoms with Crippen molar-refractivity contribution in [2.75, 3.05) is 20.3 Å². The van der Waals surface area contributed by atoms with Gasteiger partial charge < -0.3 is 20.1 Å². The first-order chi connectivity index (χ1) is 17.5. The van der Waals surface area contributed by atoms with Crippen LogP contribution in [-0.2, 0) is 15.5 Å². The molecular weight excluding hydrogens is 535 g/mol. The van der Waals surface area contributed by atoms with Gasteiger partial charge in [-0.1, -0.05) is 22.9 Å². The third-order valence-corrected chi connectivity index (χ3v) is 7.56. The van der Waals surface area contributed by atoms with Gasteiger partial charge >= 0.3 is 11.8 Å². The highest BCUT2D eigenvalue weighted by atomic mass is 35.5. The van der Waals surface area contributed by atoms with E-state index < -0.39 is 34.6 Å². The van der Waals surface area contributed by atoms with E-state index in [1.807, 2.05) is 0 Å². The third kappa shape index (κ3) is 4.20. The normalized spacial score (nSPS) is 18.9. The Kier molecular flexibility index (Phi) is 6.32. The highest BCUT2D eigenvalue weighted by Gasteiger charge is 2.53. The van der Waals surface area contributed by atoms with Crippen LogP contribution in [0.2, 0.25) is 5.02 Å². The van der Waals surface area contributed by atoms with Gasteiger partial charge in [-0.2, -0.15) is 8.78 Å². The molecule has 37 heavy (non-hydrogen) atoms. The number of aromatic nitrogens is 3. The van der Waals surface area contributed by atoms with E-state index in [0.717, 1.165) is 4.90 Å². The fraction of sp³-hybridized carbons (Fsp3) is 0.348. The van der Waals surface area contributed by atoms with E-state index in [1.165, 1.54) is 25.3 Å². The number of carbonyl (C=O) groups is 2. The number of fused-ring (bicyclic) bond motifs is 2. The van der Waals surface area contributed by atoms with Gasteiger partial charge in [-0.15, -0.1) is 10.2 Å².